The molecule has 0 fully saturated rings. The average molecular weight is 353 g/mol. The SMILES string of the molecule is CCC(Br)c1nc(-c2cc(F)ccc2C(F)(F)F)no1. The molecule has 1 heterocycles. The van der Waals surface area contributed by atoms with E-state index in [2.05, 4.69) is 26.1 Å². The van der Waals surface area contributed by atoms with Gasteiger partial charge in [0.15, 0.2) is 0 Å². The van der Waals surface area contributed by atoms with Crippen molar-refractivity contribution in [3.8, 4) is 11.4 Å². The molecule has 0 amide bonds. The van der Waals surface area contributed by atoms with Gasteiger partial charge in [0.25, 0.3) is 0 Å². The Morgan fingerprint density at radius 3 is 2.65 bits per heavy atom. The summed E-state index contributed by atoms with van der Waals surface area (Å²) >= 11 is 3.25. The Morgan fingerprint density at radius 1 is 1.35 bits per heavy atom. The maximum Gasteiger partial charge on any atom is 0.417 e. The highest BCUT2D eigenvalue weighted by atomic mass is 79.9. The van der Waals surface area contributed by atoms with E-state index in [0.29, 0.717) is 12.5 Å². The van der Waals surface area contributed by atoms with Crippen LogP contribution in [-0.4, -0.2) is 10.1 Å². The molecule has 8 heteroatoms. The highest BCUT2D eigenvalue weighted by Gasteiger charge is 2.35. The topological polar surface area (TPSA) is 38.9 Å². The molecule has 108 valence electrons. The van der Waals surface area contributed by atoms with Crippen molar-refractivity contribution in [1.82, 2.24) is 10.1 Å². The summed E-state index contributed by atoms with van der Waals surface area (Å²) in [6.07, 6.45) is -4.00. The second-order valence-corrected chi connectivity index (χ2v) is 5.12. The number of aromatic nitrogens is 2. The third-order valence-corrected chi connectivity index (χ3v) is 3.64. The second kappa shape index (κ2) is 5.51. The first kappa shape index (κ1) is 15.0. The summed E-state index contributed by atoms with van der Waals surface area (Å²) in [4.78, 5) is 3.62. The lowest BCUT2D eigenvalue weighted by molar-refractivity contribution is -0.137. The Bertz CT molecular complexity index is 612. The second-order valence-electron chi connectivity index (χ2n) is 4.02. The van der Waals surface area contributed by atoms with E-state index in [1.807, 2.05) is 6.92 Å². The van der Waals surface area contributed by atoms with Crippen molar-refractivity contribution in [2.24, 2.45) is 0 Å². The molecule has 1 aromatic heterocycles. The molecule has 0 aliphatic carbocycles. The van der Waals surface area contributed by atoms with E-state index in [0.717, 1.165) is 12.1 Å². The highest BCUT2D eigenvalue weighted by molar-refractivity contribution is 9.09. The number of nitrogens with zero attached hydrogens (tertiary/aromatic N) is 2. The Balaban J connectivity index is 2.51. The molecule has 0 radical (unpaired) electrons. The lowest BCUT2D eigenvalue weighted by atomic mass is 10.1. The Morgan fingerprint density at radius 2 is 2.05 bits per heavy atom. The van der Waals surface area contributed by atoms with E-state index in [-0.39, 0.29) is 16.5 Å². The summed E-state index contributed by atoms with van der Waals surface area (Å²) < 4.78 is 56.7. The maximum absolute atomic E-state index is 13.2. The van der Waals surface area contributed by atoms with Gasteiger partial charge in [-0.25, -0.2) is 4.39 Å². The standard InChI is InChI=1S/C12H9BrF4N2O/c1-2-9(13)11-18-10(19-20-11)7-5-6(14)3-4-8(7)12(15,16)17/h3-5,9H,2H2,1H3. The van der Waals surface area contributed by atoms with Gasteiger partial charge in [-0.3, -0.25) is 0 Å². The first-order chi connectivity index (χ1) is 9.32. The molecular formula is C12H9BrF4N2O. The average Bonchev–Trinajstić information content (AvgIpc) is 2.85. The summed E-state index contributed by atoms with van der Waals surface area (Å²) in [5.41, 5.74) is -1.45. The van der Waals surface area contributed by atoms with Crippen LogP contribution in [0.3, 0.4) is 0 Å². The number of hydrogen-bond donors (Lipinski definition) is 0. The van der Waals surface area contributed by atoms with Crippen molar-refractivity contribution in [1.29, 1.82) is 0 Å². The van der Waals surface area contributed by atoms with Crippen molar-refractivity contribution in [2.75, 3.05) is 0 Å². The van der Waals surface area contributed by atoms with Crippen LogP contribution >= 0.6 is 15.9 Å². The van der Waals surface area contributed by atoms with E-state index in [1.54, 1.807) is 0 Å². The van der Waals surface area contributed by atoms with Gasteiger partial charge in [0, 0.05) is 5.56 Å². The van der Waals surface area contributed by atoms with Crippen LogP contribution in [0.4, 0.5) is 17.6 Å². The minimum Gasteiger partial charge on any atom is -0.338 e. The van der Waals surface area contributed by atoms with Crippen LogP contribution in [-0.2, 0) is 6.18 Å². The number of hydrogen-bond acceptors (Lipinski definition) is 3. The Kier molecular flexibility index (Phi) is 4.12. The van der Waals surface area contributed by atoms with Crippen LogP contribution in [0.1, 0.15) is 29.6 Å². The van der Waals surface area contributed by atoms with Crippen molar-refractivity contribution >= 4 is 15.9 Å². The van der Waals surface area contributed by atoms with Gasteiger partial charge in [-0.2, -0.15) is 18.2 Å². The third kappa shape index (κ3) is 3.00. The van der Waals surface area contributed by atoms with E-state index in [4.69, 9.17) is 4.52 Å². The van der Waals surface area contributed by atoms with Crippen LogP contribution in [0, 0.1) is 5.82 Å². The van der Waals surface area contributed by atoms with Gasteiger partial charge in [0.2, 0.25) is 11.7 Å². The van der Waals surface area contributed by atoms with Crippen LogP contribution in [0.15, 0.2) is 22.7 Å². The molecule has 2 rings (SSSR count). The number of halogens is 5. The van der Waals surface area contributed by atoms with E-state index in [9.17, 15) is 17.6 Å². The first-order valence-electron chi connectivity index (χ1n) is 5.67. The fraction of sp³-hybridized carbons (Fsp3) is 0.333. The predicted molar refractivity (Wildman–Crippen MR) is 66.7 cm³/mol. The lowest BCUT2D eigenvalue weighted by Crippen LogP contribution is -2.08. The summed E-state index contributed by atoms with van der Waals surface area (Å²) in [6.45, 7) is 1.84. The van der Waals surface area contributed by atoms with Gasteiger partial charge < -0.3 is 4.52 Å². The highest BCUT2D eigenvalue weighted by Crippen LogP contribution is 2.37. The van der Waals surface area contributed by atoms with Crippen LogP contribution in [0.25, 0.3) is 11.4 Å². The van der Waals surface area contributed by atoms with Crippen molar-refractivity contribution < 1.29 is 22.1 Å². The monoisotopic (exact) mass is 352 g/mol. The molecule has 0 spiro atoms. The summed E-state index contributed by atoms with van der Waals surface area (Å²) in [6, 6.07) is 2.14. The zero-order valence-electron chi connectivity index (χ0n) is 10.2. The minimum atomic E-state index is -4.62. The fourth-order valence-corrected chi connectivity index (χ4v) is 1.78. The third-order valence-electron chi connectivity index (χ3n) is 2.60. The van der Waals surface area contributed by atoms with E-state index < -0.39 is 23.1 Å². The smallest absolute Gasteiger partial charge is 0.338 e. The number of benzene rings is 1. The fourth-order valence-electron chi connectivity index (χ4n) is 1.60. The Hall–Kier alpha value is -1.44. The zero-order chi connectivity index (χ0) is 14.9. The summed E-state index contributed by atoms with van der Waals surface area (Å²) in [5.74, 6) is -0.935. The first-order valence-corrected chi connectivity index (χ1v) is 6.59. The normalized spacial score (nSPS) is 13.5. The zero-order valence-corrected chi connectivity index (χ0v) is 11.8. The predicted octanol–water partition coefficient (Wildman–Crippen LogP) is 4.74. The molecule has 20 heavy (non-hydrogen) atoms. The minimum absolute atomic E-state index is 0.153. The van der Waals surface area contributed by atoms with Crippen molar-refractivity contribution in [3.63, 3.8) is 0 Å². The molecule has 0 N–H and O–H groups in total. The number of rotatable bonds is 3. The van der Waals surface area contributed by atoms with Gasteiger partial charge in [-0.15, -0.1) is 0 Å². The largest absolute Gasteiger partial charge is 0.417 e. The van der Waals surface area contributed by atoms with Crippen LogP contribution in [0.5, 0.6) is 0 Å². The van der Waals surface area contributed by atoms with Crippen LogP contribution in [0.2, 0.25) is 0 Å². The summed E-state index contributed by atoms with van der Waals surface area (Å²) in [7, 11) is 0. The molecule has 2 aromatic rings. The molecule has 0 aliphatic heterocycles. The molecule has 0 aliphatic rings. The quantitative estimate of drug-likeness (QED) is 0.591. The molecule has 0 saturated carbocycles. The molecule has 0 bridgehead atoms. The van der Waals surface area contributed by atoms with Gasteiger partial charge in [0.05, 0.1) is 10.4 Å². The van der Waals surface area contributed by atoms with E-state index >= 15 is 0 Å². The molecule has 1 unspecified atom stereocenters. The van der Waals surface area contributed by atoms with Crippen LogP contribution < -0.4 is 0 Å². The van der Waals surface area contributed by atoms with Gasteiger partial charge in [-0.1, -0.05) is 28.0 Å². The van der Waals surface area contributed by atoms with Gasteiger partial charge >= 0.3 is 6.18 Å². The summed E-state index contributed by atoms with van der Waals surface area (Å²) in [5, 5.41) is 3.49. The lowest BCUT2D eigenvalue weighted by Gasteiger charge is -2.10. The van der Waals surface area contributed by atoms with E-state index in [1.165, 1.54) is 0 Å². The molecule has 1 aromatic carbocycles. The molecule has 1 atom stereocenters. The molecular weight excluding hydrogens is 344 g/mol. The molecule has 3 nitrogen and oxygen atoms in total. The van der Waals surface area contributed by atoms with Gasteiger partial charge in [0.1, 0.15) is 5.82 Å². The maximum atomic E-state index is 13.2. The number of alkyl halides is 4. The molecule has 0 saturated heterocycles. The van der Waals surface area contributed by atoms with Crippen molar-refractivity contribution in [2.45, 2.75) is 24.3 Å². The van der Waals surface area contributed by atoms with Gasteiger partial charge in [-0.05, 0) is 24.6 Å². The van der Waals surface area contributed by atoms with Crippen molar-refractivity contribution in [3.05, 3.63) is 35.5 Å². The Labute approximate surface area is 120 Å².